The van der Waals surface area contributed by atoms with Gasteiger partial charge in [0.05, 0.1) is 5.02 Å². The Morgan fingerprint density at radius 2 is 2.00 bits per heavy atom. The minimum Gasteiger partial charge on any atom is -0.326 e. The second kappa shape index (κ2) is 5.48. The van der Waals surface area contributed by atoms with Crippen molar-refractivity contribution in [2.24, 2.45) is 5.92 Å². The van der Waals surface area contributed by atoms with Crippen molar-refractivity contribution in [2.75, 3.05) is 5.32 Å². The number of ketones is 1. The standard InChI is InChI=1S/C13H13ClFNO2/c14-11-7-9(3-6-12(11)15)16-13(18)8-1-4-10(17)5-2-8/h3,6-8H,1-2,4-5H2,(H,16,18). The first kappa shape index (κ1) is 13.0. The Morgan fingerprint density at radius 3 is 2.61 bits per heavy atom. The number of nitrogens with one attached hydrogen (secondary N) is 1. The van der Waals surface area contributed by atoms with Crippen LogP contribution in [0.4, 0.5) is 10.1 Å². The summed E-state index contributed by atoms with van der Waals surface area (Å²) in [5.74, 6) is -0.585. The molecule has 0 bridgehead atoms. The Balaban J connectivity index is 1.98. The molecule has 0 saturated heterocycles. The first-order valence-electron chi connectivity index (χ1n) is 5.84. The summed E-state index contributed by atoms with van der Waals surface area (Å²) < 4.78 is 13.0. The van der Waals surface area contributed by atoms with Gasteiger partial charge in [-0.15, -0.1) is 0 Å². The molecule has 1 N–H and O–H groups in total. The fraction of sp³-hybridized carbons (Fsp3) is 0.385. The van der Waals surface area contributed by atoms with E-state index in [-0.39, 0.29) is 22.6 Å². The molecular formula is C13H13ClFNO2. The molecule has 1 amide bonds. The molecule has 0 atom stereocenters. The van der Waals surface area contributed by atoms with Gasteiger partial charge in [-0.2, -0.15) is 0 Å². The van der Waals surface area contributed by atoms with E-state index in [0.29, 0.717) is 31.4 Å². The Morgan fingerprint density at radius 1 is 1.33 bits per heavy atom. The predicted octanol–water partition coefficient (Wildman–Crippen LogP) is 3.18. The number of benzene rings is 1. The molecule has 0 radical (unpaired) electrons. The van der Waals surface area contributed by atoms with Crippen LogP contribution in [0.3, 0.4) is 0 Å². The third-order valence-electron chi connectivity index (χ3n) is 3.10. The van der Waals surface area contributed by atoms with E-state index in [1.54, 1.807) is 0 Å². The highest BCUT2D eigenvalue weighted by Gasteiger charge is 2.24. The lowest BCUT2D eigenvalue weighted by Gasteiger charge is -2.20. The maximum Gasteiger partial charge on any atom is 0.227 e. The predicted molar refractivity (Wildman–Crippen MR) is 67.0 cm³/mol. The molecule has 0 unspecified atom stereocenters. The Hall–Kier alpha value is -1.42. The Bertz CT molecular complexity index is 480. The normalized spacial score (nSPS) is 16.7. The average molecular weight is 270 g/mol. The summed E-state index contributed by atoms with van der Waals surface area (Å²) in [6, 6.07) is 4.05. The summed E-state index contributed by atoms with van der Waals surface area (Å²) in [6.07, 6.45) is 2.09. The van der Waals surface area contributed by atoms with Crippen LogP contribution in [-0.4, -0.2) is 11.7 Å². The first-order valence-corrected chi connectivity index (χ1v) is 6.21. The molecule has 1 aromatic carbocycles. The first-order chi connectivity index (χ1) is 8.56. The minimum absolute atomic E-state index is 0.0216. The van der Waals surface area contributed by atoms with Gasteiger partial charge in [0.1, 0.15) is 11.6 Å². The topological polar surface area (TPSA) is 46.2 Å². The third-order valence-corrected chi connectivity index (χ3v) is 3.39. The van der Waals surface area contributed by atoms with E-state index in [4.69, 9.17) is 11.6 Å². The van der Waals surface area contributed by atoms with Gasteiger partial charge in [0, 0.05) is 24.4 Å². The van der Waals surface area contributed by atoms with E-state index in [9.17, 15) is 14.0 Å². The highest BCUT2D eigenvalue weighted by atomic mass is 35.5. The van der Waals surface area contributed by atoms with Crippen LogP contribution in [0.5, 0.6) is 0 Å². The highest BCUT2D eigenvalue weighted by Crippen LogP contribution is 2.24. The SMILES string of the molecule is O=C1CCC(C(=O)Nc2ccc(F)c(Cl)c2)CC1. The zero-order valence-electron chi connectivity index (χ0n) is 9.71. The summed E-state index contributed by atoms with van der Waals surface area (Å²) in [5, 5.41) is 2.67. The van der Waals surface area contributed by atoms with Crippen LogP contribution >= 0.6 is 11.6 Å². The lowest BCUT2D eigenvalue weighted by molar-refractivity contribution is -0.125. The second-order valence-corrected chi connectivity index (χ2v) is 4.84. The lowest BCUT2D eigenvalue weighted by atomic mass is 9.88. The summed E-state index contributed by atoms with van der Waals surface area (Å²) in [6.45, 7) is 0. The number of anilines is 1. The van der Waals surface area contributed by atoms with Crippen LogP contribution in [0.1, 0.15) is 25.7 Å². The van der Waals surface area contributed by atoms with Crippen LogP contribution in [0.15, 0.2) is 18.2 Å². The van der Waals surface area contributed by atoms with E-state index in [1.807, 2.05) is 0 Å². The summed E-state index contributed by atoms with van der Waals surface area (Å²) in [5.41, 5.74) is 0.475. The van der Waals surface area contributed by atoms with Crippen molar-refractivity contribution in [3.05, 3.63) is 29.0 Å². The third kappa shape index (κ3) is 3.07. The van der Waals surface area contributed by atoms with Crippen LogP contribution < -0.4 is 5.32 Å². The van der Waals surface area contributed by atoms with Gasteiger partial charge in [0.2, 0.25) is 5.91 Å². The number of carbonyl (C=O) groups is 2. The van der Waals surface area contributed by atoms with Crippen molar-refractivity contribution >= 4 is 29.0 Å². The fourth-order valence-electron chi connectivity index (χ4n) is 2.02. The van der Waals surface area contributed by atoms with Crippen molar-refractivity contribution < 1.29 is 14.0 Å². The molecule has 1 aromatic rings. The number of hydrogen-bond donors (Lipinski definition) is 1. The number of amides is 1. The molecule has 0 heterocycles. The van der Waals surface area contributed by atoms with E-state index in [1.165, 1.54) is 18.2 Å². The number of Topliss-reactive ketones (excluding diaryl/α,β-unsaturated/α-hetero) is 1. The molecule has 1 aliphatic rings. The molecule has 0 aliphatic heterocycles. The van der Waals surface area contributed by atoms with E-state index in [2.05, 4.69) is 5.32 Å². The maximum absolute atomic E-state index is 13.0. The molecule has 5 heteroatoms. The fourth-order valence-corrected chi connectivity index (χ4v) is 2.20. The molecule has 0 aromatic heterocycles. The van der Waals surface area contributed by atoms with Crippen molar-refractivity contribution in [1.82, 2.24) is 0 Å². The van der Waals surface area contributed by atoms with Crippen molar-refractivity contribution in [2.45, 2.75) is 25.7 Å². The van der Waals surface area contributed by atoms with Gasteiger partial charge in [-0.05, 0) is 31.0 Å². The zero-order valence-corrected chi connectivity index (χ0v) is 10.5. The maximum atomic E-state index is 13.0. The number of rotatable bonds is 2. The zero-order chi connectivity index (χ0) is 13.1. The van der Waals surface area contributed by atoms with Crippen LogP contribution in [0.2, 0.25) is 5.02 Å². The second-order valence-electron chi connectivity index (χ2n) is 4.43. The summed E-state index contributed by atoms with van der Waals surface area (Å²) in [7, 11) is 0. The van der Waals surface area contributed by atoms with Gasteiger partial charge in [-0.3, -0.25) is 9.59 Å². The molecule has 1 fully saturated rings. The molecule has 3 nitrogen and oxygen atoms in total. The lowest BCUT2D eigenvalue weighted by Crippen LogP contribution is -2.27. The summed E-state index contributed by atoms with van der Waals surface area (Å²) in [4.78, 5) is 23.0. The van der Waals surface area contributed by atoms with Gasteiger partial charge >= 0.3 is 0 Å². The van der Waals surface area contributed by atoms with E-state index in [0.717, 1.165) is 0 Å². The molecule has 1 aliphatic carbocycles. The van der Waals surface area contributed by atoms with Crippen molar-refractivity contribution in [3.63, 3.8) is 0 Å². The molecule has 0 spiro atoms. The Kier molecular flexibility index (Phi) is 3.97. The Labute approximate surface area is 109 Å². The van der Waals surface area contributed by atoms with Crippen LogP contribution in [0.25, 0.3) is 0 Å². The van der Waals surface area contributed by atoms with Crippen molar-refractivity contribution in [1.29, 1.82) is 0 Å². The number of hydrogen-bond acceptors (Lipinski definition) is 2. The molecule has 2 rings (SSSR count). The van der Waals surface area contributed by atoms with Gasteiger partial charge in [-0.25, -0.2) is 4.39 Å². The quantitative estimate of drug-likeness (QED) is 0.896. The summed E-state index contributed by atoms with van der Waals surface area (Å²) >= 11 is 5.63. The van der Waals surface area contributed by atoms with Crippen LogP contribution in [-0.2, 0) is 9.59 Å². The number of halogens is 2. The largest absolute Gasteiger partial charge is 0.326 e. The van der Waals surface area contributed by atoms with Gasteiger partial charge in [0.15, 0.2) is 0 Å². The monoisotopic (exact) mass is 269 g/mol. The smallest absolute Gasteiger partial charge is 0.227 e. The van der Waals surface area contributed by atoms with E-state index < -0.39 is 5.82 Å². The van der Waals surface area contributed by atoms with Crippen molar-refractivity contribution in [3.8, 4) is 0 Å². The van der Waals surface area contributed by atoms with Crippen LogP contribution in [0, 0.1) is 11.7 Å². The highest BCUT2D eigenvalue weighted by molar-refractivity contribution is 6.31. The van der Waals surface area contributed by atoms with Gasteiger partial charge in [0.25, 0.3) is 0 Å². The molecular weight excluding hydrogens is 257 g/mol. The average Bonchev–Trinajstić information content (AvgIpc) is 2.34. The van der Waals surface area contributed by atoms with E-state index >= 15 is 0 Å². The molecule has 1 saturated carbocycles. The molecule has 96 valence electrons. The minimum atomic E-state index is -0.516. The van der Waals surface area contributed by atoms with Gasteiger partial charge < -0.3 is 5.32 Å². The van der Waals surface area contributed by atoms with Gasteiger partial charge in [-0.1, -0.05) is 11.6 Å². The number of carbonyl (C=O) groups excluding carboxylic acids is 2. The molecule has 18 heavy (non-hydrogen) atoms.